The van der Waals surface area contributed by atoms with Crippen molar-refractivity contribution >= 4 is 58.1 Å². The number of nitrogens with one attached hydrogen (secondary N) is 1. The number of fused-ring (bicyclic) bond motifs is 1. The summed E-state index contributed by atoms with van der Waals surface area (Å²) in [5, 5.41) is 2.95. The van der Waals surface area contributed by atoms with E-state index in [1.54, 1.807) is 36.4 Å². The maximum Gasteiger partial charge on any atom is 0.293 e. The van der Waals surface area contributed by atoms with E-state index in [2.05, 4.69) is 5.32 Å². The molecule has 2 aromatic carbocycles. The Kier molecular flexibility index (Phi) is 6.78. The fourth-order valence-corrected chi connectivity index (χ4v) is 4.27. The first-order valence-electron chi connectivity index (χ1n) is 9.40. The molecule has 2 aliphatic rings. The minimum Gasteiger partial charge on any atom is -0.482 e. The number of thioether (sulfide) groups is 1. The van der Waals surface area contributed by atoms with E-state index >= 15 is 0 Å². The molecule has 3 amide bonds. The molecule has 1 fully saturated rings. The van der Waals surface area contributed by atoms with Crippen LogP contribution in [-0.2, 0) is 9.59 Å². The lowest BCUT2D eigenvalue weighted by Crippen LogP contribution is -2.38. The predicted octanol–water partition coefficient (Wildman–Crippen LogP) is 3.95. The van der Waals surface area contributed by atoms with E-state index in [4.69, 9.17) is 37.4 Å². The molecule has 8 nitrogen and oxygen atoms in total. The molecule has 166 valence electrons. The topological polar surface area (TPSA) is 94.2 Å². The van der Waals surface area contributed by atoms with Gasteiger partial charge in [-0.2, -0.15) is 0 Å². The Balaban J connectivity index is 1.27. The smallest absolute Gasteiger partial charge is 0.293 e. The number of carbonyl (C=O) groups excluding carboxylic acids is 3. The van der Waals surface area contributed by atoms with Crippen molar-refractivity contribution in [2.75, 3.05) is 26.5 Å². The zero-order valence-electron chi connectivity index (χ0n) is 16.4. The maximum absolute atomic E-state index is 12.6. The molecule has 0 spiro atoms. The summed E-state index contributed by atoms with van der Waals surface area (Å²) in [6.45, 7) is 0.00847. The quantitative estimate of drug-likeness (QED) is 0.582. The van der Waals surface area contributed by atoms with Crippen LogP contribution >= 0.6 is 35.0 Å². The first-order valence-corrected chi connectivity index (χ1v) is 11.0. The van der Waals surface area contributed by atoms with Crippen LogP contribution in [0.15, 0.2) is 41.3 Å². The Labute approximate surface area is 197 Å². The van der Waals surface area contributed by atoms with Gasteiger partial charge in [-0.05, 0) is 53.7 Å². The summed E-state index contributed by atoms with van der Waals surface area (Å²) in [6, 6.07) is 9.92. The summed E-state index contributed by atoms with van der Waals surface area (Å²) in [7, 11) is 0. The number of ether oxygens (including phenoxy) is 3. The van der Waals surface area contributed by atoms with Gasteiger partial charge in [0.05, 0.1) is 9.93 Å². The Morgan fingerprint density at radius 1 is 1.16 bits per heavy atom. The van der Waals surface area contributed by atoms with Crippen molar-refractivity contribution in [1.82, 2.24) is 10.2 Å². The fourth-order valence-electron chi connectivity index (χ4n) is 2.94. The molecule has 1 N–H and O–H groups in total. The molecule has 0 saturated carbocycles. The molecule has 2 aromatic rings. The van der Waals surface area contributed by atoms with Crippen LogP contribution < -0.4 is 19.5 Å². The molecule has 0 radical (unpaired) electrons. The molecule has 4 rings (SSSR count). The van der Waals surface area contributed by atoms with Gasteiger partial charge in [0.2, 0.25) is 6.79 Å². The minimum absolute atomic E-state index is 0.0383. The Hall–Kier alpha value is -2.88. The number of amides is 3. The molecular weight excluding hydrogens is 479 g/mol. The van der Waals surface area contributed by atoms with Crippen LogP contribution in [0.2, 0.25) is 10.0 Å². The molecule has 2 heterocycles. The van der Waals surface area contributed by atoms with Crippen LogP contribution in [-0.4, -0.2) is 48.4 Å². The van der Waals surface area contributed by atoms with Crippen molar-refractivity contribution in [2.24, 2.45) is 0 Å². The minimum atomic E-state index is -0.420. The third-order valence-corrected chi connectivity index (χ3v) is 5.92. The second kappa shape index (κ2) is 9.72. The van der Waals surface area contributed by atoms with Crippen LogP contribution in [0.25, 0.3) is 6.08 Å². The Morgan fingerprint density at radius 3 is 2.78 bits per heavy atom. The summed E-state index contributed by atoms with van der Waals surface area (Å²) in [6.07, 6.45) is 1.62. The number of carbonyl (C=O) groups is 3. The Morgan fingerprint density at radius 2 is 1.97 bits per heavy atom. The molecule has 0 unspecified atom stereocenters. The first-order chi connectivity index (χ1) is 15.4. The lowest BCUT2D eigenvalue weighted by atomic mass is 10.2. The SMILES string of the molecule is O=C(COc1ccc(Cl)cc1Cl)NCCN1C(=O)S/C(=C\c2ccc3c(c2)OCO3)C1=O. The number of imide groups is 1. The van der Waals surface area contributed by atoms with Gasteiger partial charge in [0.15, 0.2) is 18.1 Å². The molecule has 2 aliphatic heterocycles. The lowest BCUT2D eigenvalue weighted by molar-refractivity contribution is -0.125. The van der Waals surface area contributed by atoms with Crippen molar-refractivity contribution in [3.8, 4) is 17.2 Å². The highest BCUT2D eigenvalue weighted by Crippen LogP contribution is 2.36. The van der Waals surface area contributed by atoms with E-state index in [1.807, 2.05) is 0 Å². The molecule has 0 bridgehead atoms. The standard InChI is InChI=1S/C21H16Cl2N2O6S/c22-13-2-4-15(14(23)9-13)29-10-19(26)24-5-6-25-20(27)18(32-21(25)28)8-12-1-3-16-17(7-12)31-11-30-16/h1-4,7-9H,5-6,10-11H2,(H,24,26)/b18-8-. The van der Waals surface area contributed by atoms with Gasteiger partial charge in [0, 0.05) is 18.1 Å². The summed E-state index contributed by atoms with van der Waals surface area (Å²) in [4.78, 5) is 38.2. The van der Waals surface area contributed by atoms with Gasteiger partial charge >= 0.3 is 0 Å². The van der Waals surface area contributed by atoms with Gasteiger partial charge in [0.1, 0.15) is 5.75 Å². The summed E-state index contributed by atoms with van der Waals surface area (Å²) in [5.41, 5.74) is 0.714. The number of hydrogen-bond donors (Lipinski definition) is 1. The highest BCUT2D eigenvalue weighted by atomic mass is 35.5. The average molecular weight is 495 g/mol. The monoisotopic (exact) mass is 494 g/mol. The van der Waals surface area contributed by atoms with E-state index in [0.29, 0.717) is 32.7 Å². The number of halogens is 2. The lowest BCUT2D eigenvalue weighted by Gasteiger charge is -2.13. The first kappa shape index (κ1) is 22.3. The van der Waals surface area contributed by atoms with Crippen LogP contribution in [0.3, 0.4) is 0 Å². The van der Waals surface area contributed by atoms with Gasteiger partial charge in [-0.1, -0.05) is 29.3 Å². The molecule has 0 aliphatic carbocycles. The molecule has 0 atom stereocenters. The van der Waals surface area contributed by atoms with Crippen molar-refractivity contribution in [3.05, 3.63) is 56.9 Å². The van der Waals surface area contributed by atoms with Crippen LogP contribution in [0, 0.1) is 0 Å². The number of nitrogens with zero attached hydrogens (tertiary/aromatic N) is 1. The van der Waals surface area contributed by atoms with Crippen LogP contribution in [0.1, 0.15) is 5.56 Å². The van der Waals surface area contributed by atoms with Gasteiger partial charge < -0.3 is 19.5 Å². The van der Waals surface area contributed by atoms with Crippen LogP contribution in [0.4, 0.5) is 4.79 Å². The third kappa shape index (κ3) is 5.12. The number of hydrogen-bond acceptors (Lipinski definition) is 7. The van der Waals surface area contributed by atoms with E-state index < -0.39 is 17.1 Å². The molecule has 1 saturated heterocycles. The normalized spacial score (nSPS) is 16.1. The highest BCUT2D eigenvalue weighted by molar-refractivity contribution is 8.18. The second-order valence-electron chi connectivity index (χ2n) is 6.66. The summed E-state index contributed by atoms with van der Waals surface area (Å²) < 4.78 is 15.9. The van der Waals surface area contributed by atoms with E-state index in [1.165, 1.54) is 6.07 Å². The van der Waals surface area contributed by atoms with Crippen LogP contribution in [0.5, 0.6) is 17.2 Å². The van der Waals surface area contributed by atoms with Gasteiger partial charge in [0.25, 0.3) is 17.1 Å². The average Bonchev–Trinajstić information content (AvgIpc) is 3.32. The van der Waals surface area contributed by atoms with E-state index in [-0.39, 0.29) is 31.5 Å². The largest absolute Gasteiger partial charge is 0.482 e. The maximum atomic E-state index is 12.6. The number of benzene rings is 2. The van der Waals surface area contributed by atoms with E-state index in [0.717, 1.165) is 16.7 Å². The molecule has 0 aromatic heterocycles. The van der Waals surface area contributed by atoms with Crippen molar-refractivity contribution in [1.29, 1.82) is 0 Å². The van der Waals surface area contributed by atoms with Gasteiger partial charge in [-0.3, -0.25) is 19.3 Å². The second-order valence-corrected chi connectivity index (χ2v) is 8.50. The molecular formula is C21H16Cl2N2O6S. The molecule has 11 heteroatoms. The highest BCUT2D eigenvalue weighted by Gasteiger charge is 2.34. The third-order valence-electron chi connectivity index (χ3n) is 4.48. The Bertz CT molecular complexity index is 1120. The number of rotatable bonds is 7. The van der Waals surface area contributed by atoms with Gasteiger partial charge in [-0.15, -0.1) is 0 Å². The fraction of sp³-hybridized carbons (Fsp3) is 0.190. The summed E-state index contributed by atoms with van der Waals surface area (Å²) >= 11 is 12.7. The van der Waals surface area contributed by atoms with Crippen molar-refractivity contribution < 1.29 is 28.6 Å². The van der Waals surface area contributed by atoms with Gasteiger partial charge in [-0.25, -0.2) is 0 Å². The van der Waals surface area contributed by atoms with E-state index in [9.17, 15) is 14.4 Å². The molecule has 32 heavy (non-hydrogen) atoms. The zero-order valence-corrected chi connectivity index (χ0v) is 18.8. The summed E-state index contributed by atoms with van der Waals surface area (Å²) in [5.74, 6) is 0.705. The zero-order chi connectivity index (χ0) is 22.7. The van der Waals surface area contributed by atoms with Crippen molar-refractivity contribution in [2.45, 2.75) is 0 Å². The van der Waals surface area contributed by atoms with Crippen molar-refractivity contribution in [3.63, 3.8) is 0 Å². The predicted molar refractivity (Wildman–Crippen MR) is 120 cm³/mol.